The zero-order valence-electron chi connectivity index (χ0n) is 8.85. The summed E-state index contributed by atoms with van der Waals surface area (Å²) < 4.78 is 39.2. The molecule has 0 aliphatic carbocycles. The first-order chi connectivity index (χ1) is 7.03. The molecule has 0 aromatic heterocycles. The standard InChI is InChI=1S/C8H8F3NO.C2H6/c1-12-6-4-2-3-5-7(6)13-8(9,10)11;1-2/h2-5,12H,1H3;1-2H3. The molecule has 1 aromatic rings. The molecule has 2 nitrogen and oxygen atoms in total. The van der Waals surface area contributed by atoms with Gasteiger partial charge in [0, 0.05) is 7.05 Å². The second kappa shape index (κ2) is 6.16. The quantitative estimate of drug-likeness (QED) is 0.822. The number of ether oxygens (including phenoxy) is 1. The fraction of sp³-hybridized carbons (Fsp3) is 0.400. The lowest BCUT2D eigenvalue weighted by atomic mass is 10.3. The Kier molecular flexibility index (Phi) is 5.59. The van der Waals surface area contributed by atoms with Gasteiger partial charge in [-0.15, -0.1) is 13.2 Å². The van der Waals surface area contributed by atoms with Crippen LogP contribution in [0.2, 0.25) is 0 Å². The van der Waals surface area contributed by atoms with Gasteiger partial charge < -0.3 is 10.1 Å². The highest BCUT2D eigenvalue weighted by Gasteiger charge is 2.31. The summed E-state index contributed by atoms with van der Waals surface area (Å²) in [6, 6.07) is 5.84. The minimum absolute atomic E-state index is 0.225. The second-order valence-electron chi connectivity index (χ2n) is 2.29. The molecule has 0 spiro atoms. The van der Waals surface area contributed by atoms with Gasteiger partial charge >= 0.3 is 6.36 Å². The molecule has 0 saturated carbocycles. The molecule has 0 heterocycles. The van der Waals surface area contributed by atoms with Crippen molar-refractivity contribution < 1.29 is 17.9 Å². The molecule has 0 aliphatic heterocycles. The maximum atomic E-state index is 11.8. The first-order valence-electron chi connectivity index (χ1n) is 4.55. The smallest absolute Gasteiger partial charge is 0.404 e. The first kappa shape index (κ1) is 13.6. The van der Waals surface area contributed by atoms with Crippen LogP contribution in [0, 0.1) is 0 Å². The fourth-order valence-corrected chi connectivity index (χ4v) is 0.887. The van der Waals surface area contributed by atoms with Gasteiger partial charge in [0.2, 0.25) is 0 Å². The Morgan fingerprint density at radius 2 is 1.67 bits per heavy atom. The fourth-order valence-electron chi connectivity index (χ4n) is 0.887. The van der Waals surface area contributed by atoms with Gasteiger partial charge in [-0.05, 0) is 12.1 Å². The molecule has 0 saturated heterocycles. The number of rotatable bonds is 2. The Labute approximate surface area is 87.1 Å². The Morgan fingerprint density at radius 1 is 1.13 bits per heavy atom. The number of hydrogen-bond acceptors (Lipinski definition) is 2. The lowest BCUT2D eigenvalue weighted by Gasteiger charge is -2.12. The van der Waals surface area contributed by atoms with Crippen molar-refractivity contribution in [1.29, 1.82) is 0 Å². The van der Waals surface area contributed by atoms with E-state index in [0.29, 0.717) is 5.69 Å². The number of hydrogen-bond donors (Lipinski definition) is 1. The van der Waals surface area contributed by atoms with Crippen molar-refractivity contribution in [3.8, 4) is 5.75 Å². The van der Waals surface area contributed by atoms with E-state index in [1.54, 1.807) is 6.07 Å². The number of para-hydroxylation sites is 2. The summed E-state index contributed by atoms with van der Waals surface area (Å²) in [6.45, 7) is 4.00. The van der Waals surface area contributed by atoms with Crippen molar-refractivity contribution in [2.45, 2.75) is 20.2 Å². The van der Waals surface area contributed by atoms with Crippen LogP contribution < -0.4 is 10.1 Å². The summed E-state index contributed by atoms with van der Waals surface area (Å²) in [6.07, 6.45) is -4.65. The zero-order chi connectivity index (χ0) is 11.9. The van der Waals surface area contributed by atoms with Crippen molar-refractivity contribution in [2.75, 3.05) is 12.4 Å². The SMILES string of the molecule is CC.CNc1ccccc1OC(F)(F)F. The van der Waals surface area contributed by atoms with E-state index in [1.165, 1.54) is 25.2 Å². The Hall–Kier alpha value is -1.39. The molecule has 0 fully saturated rings. The third-order valence-electron chi connectivity index (χ3n) is 1.38. The molecular weight excluding hydrogens is 207 g/mol. The van der Waals surface area contributed by atoms with Crippen molar-refractivity contribution in [2.24, 2.45) is 0 Å². The maximum Gasteiger partial charge on any atom is 0.573 e. The monoisotopic (exact) mass is 221 g/mol. The van der Waals surface area contributed by atoms with Gasteiger partial charge in [-0.3, -0.25) is 0 Å². The van der Waals surface area contributed by atoms with Crippen LogP contribution in [-0.2, 0) is 0 Å². The molecule has 0 radical (unpaired) electrons. The minimum Gasteiger partial charge on any atom is -0.404 e. The summed E-state index contributed by atoms with van der Waals surface area (Å²) in [7, 11) is 1.53. The molecule has 0 unspecified atom stereocenters. The van der Waals surface area contributed by atoms with Crippen molar-refractivity contribution in [3.05, 3.63) is 24.3 Å². The molecule has 86 valence electrons. The summed E-state index contributed by atoms with van der Waals surface area (Å²) in [5.41, 5.74) is 0.305. The van der Waals surface area contributed by atoms with Gasteiger partial charge in [0.05, 0.1) is 5.69 Å². The predicted octanol–water partition coefficient (Wildman–Crippen LogP) is 3.65. The van der Waals surface area contributed by atoms with E-state index in [1.807, 2.05) is 13.8 Å². The van der Waals surface area contributed by atoms with Crippen LogP contribution >= 0.6 is 0 Å². The van der Waals surface area contributed by atoms with Crippen LogP contribution in [0.3, 0.4) is 0 Å². The van der Waals surface area contributed by atoms with Gasteiger partial charge in [-0.1, -0.05) is 26.0 Å². The van der Waals surface area contributed by atoms with Gasteiger partial charge in [-0.25, -0.2) is 0 Å². The Balaban J connectivity index is 0.000000921. The highest BCUT2D eigenvalue weighted by atomic mass is 19.4. The van der Waals surface area contributed by atoms with E-state index in [9.17, 15) is 13.2 Å². The minimum atomic E-state index is -4.65. The second-order valence-corrected chi connectivity index (χ2v) is 2.29. The van der Waals surface area contributed by atoms with Crippen molar-refractivity contribution in [1.82, 2.24) is 0 Å². The van der Waals surface area contributed by atoms with Gasteiger partial charge in [0.25, 0.3) is 0 Å². The van der Waals surface area contributed by atoms with Crippen molar-refractivity contribution in [3.63, 3.8) is 0 Å². The molecular formula is C10H14F3NO. The molecule has 1 rings (SSSR count). The van der Waals surface area contributed by atoms with Crippen LogP contribution in [0.15, 0.2) is 24.3 Å². The average molecular weight is 221 g/mol. The topological polar surface area (TPSA) is 21.3 Å². The van der Waals surface area contributed by atoms with Gasteiger partial charge in [0.15, 0.2) is 5.75 Å². The van der Waals surface area contributed by atoms with Crippen LogP contribution in [0.4, 0.5) is 18.9 Å². The first-order valence-corrected chi connectivity index (χ1v) is 4.55. The number of benzene rings is 1. The molecule has 1 N–H and O–H groups in total. The van der Waals surface area contributed by atoms with E-state index in [2.05, 4.69) is 10.1 Å². The van der Waals surface area contributed by atoms with Gasteiger partial charge in [-0.2, -0.15) is 0 Å². The van der Waals surface area contributed by atoms with Gasteiger partial charge in [0.1, 0.15) is 0 Å². The molecule has 15 heavy (non-hydrogen) atoms. The van der Waals surface area contributed by atoms with E-state index in [-0.39, 0.29) is 5.75 Å². The third-order valence-corrected chi connectivity index (χ3v) is 1.38. The zero-order valence-corrected chi connectivity index (χ0v) is 8.85. The maximum absolute atomic E-state index is 11.8. The van der Waals surface area contributed by atoms with E-state index in [0.717, 1.165) is 0 Å². The normalized spacial score (nSPS) is 10.0. The molecule has 0 amide bonds. The highest BCUT2D eigenvalue weighted by Crippen LogP contribution is 2.29. The predicted molar refractivity (Wildman–Crippen MR) is 54.0 cm³/mol. The third kappa shape index (κ3) is 5.15. The summed E-state index contributed by atoms with van der Waals surface area (Å²) in [4.78, 5) is 0. The molecule has 0 aliphatic rings. The van der Waals surface area contributed by atoms with E-state index >= 15 is 0 Å². The summed E-state index contributed by atoms with van der Waals surface area (Å²) in [5.74, 6) is -0.225. The molecule has 1 aromatic carbocycles. The number of halogens is 3. The molecule has 5 heteroatoms. The number of anilines is 1. The average Bonchev–Trinajstić information content (AvgIpc) is 2.19. The summed E-state index contributed by atoms with van der Waals surface area (Å²) >= 11 is 0. The van der Waals surface area contributed by atoms with Crippen LogP contribution in [0.5, 0.6) is 5.75 Å². The van der Waals surface area contributed by atoms with E-state index in [4.69, 9.17) is 0 Å². The number of nitrogens with one attached hydrogen (secondary N) is 1. The largest absolute Gasteiger partial charge is 0.573 e. The lowest BCUT2D eigenvalue weighted by Crippen LogP contribution is -2.17. The Bertz CT molecular complexity index is 286. The lowest BCUT2D eigenvalue weighted by molar-refractivity contribution is -0.274. The molecule has 0 atom stereocenters. The summed E-state index contributed by atoms with van der Waals surface area (Å²) in [5, 5.41) is 2.59. The Morgan fingerprint density at radius 3 is 2.13 bits per heavy atom. The van der Waals surface area contributed by atoms with Crippen LogP contribution in [0.25, 0.3) is 0 Å². The molecule has 0 bridgehead atoms. The van der Waals surface area contributed by atoms with Crippen LogP contribution in [-0.4, -0.2) is 13.4 Å². The van der Waals surface area contributed by atoms with E-state index < -0.39 is 6.36 Å². The highest BCUT2D eigenvalue weighted by molar-refractivity contribution is 5.55. The number of alkyl halides is 3. The van der Waals surface area contributed by atoms with Crippen LogP contribution in [0.1, 0.15) is 13.8 Å². The van der Waals surface area contributed by atoms with Crippen molar-refractivity contribution >= 4 is 5.69 Å².